The summed E-state index contributed by atoms with van der Waals surface area (Å²) < 4.78 is 5.58. The standard InChI is InChI=1S/C15H18BrN3O3S/c1-4-22-13(15(20)19(2)21-3)10-5-7-11(8-6-10)14-18-17-12(9-16)23-14/h5-8,13H,4,9H2,1-3H3. The minimum atomic E-state index is -0.688. The van der Waals surface area contributed by atoms with Gasteiger partial charge in [0.2, 0.25) is 0 Å². The zero-order valence-electron chi connectivity index (χ0n) is 13.2. The van der Waals surface area contributed by atoms with Crippen molar-refractivity contribution in [2.45, 2.75) is 18.4 Å². The number of ether oxygens (including phenoxy) is 1. The van der Waals surface area contributed by atoms with Gasteiger partial charge in [-0.25, -0.2) is 5.06 Å². The molecule has 1 amide bonds. The van der Waals surface area contributed by atoms with Gasteiger partial charge in [-0.3, -0.25) is 9.63 Å². The Hall–Kier alpha value is -1.35. The predicted molar refractivity (Wildman–Crippen MR) is 92.1 cm³/mol. The summed E-state index contributed by atoms with van der Waals surface area (Å²) in [6, 6.07) is 7.57. The molecule has 8 heteroatoms. The normalized spacial score (nSPS) is 12.2. The average molecular weight is 400 g/mol. The number of hydrogen-bond acceptors (Lipinski definition) is 6. The van der Waals surface area contributed by atoms with Crippen molar-refractivity contribution in [3.63, 3.8) is 0 Å². The third-order valence-electron chi connectivity index (χ3n) is 3.18. The lowest BCUT2D eigenvalue weighted by atomic mass is 10.1. The van der Waals surface area contributed by atoms with Crippen molar-refractivity contribution in [1.82, 2.24) is 15.3 Å². The van der Waals surface area contributed by atoms with Crippen LogP contribution in [0, 0.1) is 0 Å². The fourth-order valence-electron chi connectivity index (χ4n) is 1.96. The number of hydrogen-bond donors (Lipinski definition) is 0. The van der Waals surface area contributed by atoms with Crippen LogP contribution < -0.4 is 0 Å². The van der Waals surface area contributed by atoms with E-state index in [1.165, 1.54) is 23.5 Å². The van der Waals surface area contributed by atoms with Gasteiger partial charge in [-0.15, -0.1) is 10.2 Å². The molecule has 0 fully saturated rings. The van der Waals surface area contributed by atoms with Crippen LogP contribution in [0.25, 0.3) is 10.6 Å². The highest BCUT2D eigenvalue weighted by atomic mass is 79.9. The molecule has 1 aromatic carbocycles. The lowest BCUT2D eigenvalue weighted by molar-refractivity contribution is -0.181. The van der Waals surface area contributed by atoms with Gasteiger partial charge in [0.05, 0.1) is 12.4 Å². The van der Waals surface area contributed by atoms with Crippen molar-refractivity contribution >= 4 is 33.2 Å². The summed E-state index contributed by atoms with van der Waals surface area (Å²) >= 11 is 4.89. The zero-order valence-corrected chi connectivity index (χ0v) is 15.6. The summed E-state index contributed by atoms with van der Waals surface area (Å²) in [5, 5.41) is 11.9. The number of alkyl halides is 1. The Morgan fingerprint density at radius 2 is 2.04 bits per heavy atom. The van der Waals surface area contributed by atoms with Crippen LogP contribution >= 0.6 is 27.3 Å². The molecule has 1 heterocycles. The van der Waals surface area contributed by atoms with E-state index in [1.54, 1.807) is 7.05 Å². The molecule has 0 N–H and O–H groups in total. The first-order valence-electron chi connectivity index (χ1n) is 7.02. The summed E-state index contributed by atoms with van der Waals surface area (Å²) in [5.74, 6) is -0.250. The maximum atomic E-state index is 12.3. The highest BCUT2D eigenvalue weighted by molar-refractivity contribution is 9.08. The van der Waals surface area contributed by atoms with Gasteiger partial charge in [-0.1, -0.05) is 51.5 Å². The second-order valence-electron chi connectivity index (χ2n) is 4.61. The van der Waals surface area contributed by atoms with Crippen molar-refractivity contribution < 1.29 is 14.4 Å². The molecule has 0 aliphatic rings. The summed E-state index contributed by atoms with van der Waals surface area (Å²) in [4.78, 5) is 17.3. The lowest BCUT2D eigenvalue weighted by Gasteiger charge is -2.22. The van der Waals surface area contributed by atoms with E-state index < -0.39 is 6.10 Å². The van der Waals surface area contributed by atoms with Crippen LogP contribution in [0.4, 0.5) is 0 Å². The highest BCUT2D eigenvalue weighted by Gasteiger charge is 2.24. The van der Waals surface area contributed by atoms with Gasteiger partial charge >= 0.3 is 0 Å². The quantitative estimate of drug-likeness (QED) is 0.528. The number of hydroxylamine groups is 2. The Kier molecular flexibility index (Phi) is 6.64. The second-order valence-corrected chi connectivity index (χ2v) is 6.23. The van der Waals surface area contributed by atoms with Crippen molar-refractivity contribution in [3.05, 3.63) is 34.8 Å². The van der Waals surface area contributed by atoms with E-state index in [0.29, 0.717) is 11.9 Å². The number of benzene rings is 1. The van der Waals surface area contributed by atoms with Crippen LogP contribution in [0.5, 0.6) is 0 Å². The van der Waals surface area contributed by atoms with E-state index in [4.69, 9.17) is 9.57 Å². The van der Waals surface area contributed by atoms with E-state index in [1.807, 2.05) is 31.2 Å². The van der Waals surface area contributed by atoms with Gasteiger partial charge in [0, 0.05) is 19.2 Å². The molecule has 6 nitrogen and oxygen atoms in total. The molecule has 1 aromatic heterocycles. The van der Waals surface area contributed by atoms with Crippen LogP contribution in [0.15, 0.2) is 24.3 Å². The minimum Gasteiger partial charge on any atom is -0.364 e. The summed E-state index contributed by atoms with van der Waals surface area (Å²) in [7, 11) is 3.01. The van der Waals surface area contributed by atoms with E-state index in [2.05, 4.69) is 26.1 Å². The third-order valence-corrected chi connectivity index (χ3v) is 5.06. The first kappa shape index (κ1) is 18.0. The van der Waals surface area contributed by atoms with Crippen molar-refractivity contribution in [3.8, 4) is 10.6 Å². The zero-order chi connectivity index (χ0) is 16.8. The molecule has 124 valence electrons. The fraction of sp³-hybridized carbons (Fsp3) is 0.400. The Bertz CT molecular complexity index is 648. The maximum Gasteiger partial charge on any atom is 0.279 e. The molecular formula is C15H18BrN3O3S. The maximum absolute atomic E-state index is 12.3. The molecule has 0 aliphatic heterocycles. The fourth-order valence-corrected chi connectivity index (χ4v) is 3.11. The number of halogens is 1. The second kappa shape index (κ2) is 8.49. The van der Waals surface area contributed by atoms with E-state index in [-0.39, 0.29) is 5.91 Å². The molecule has 0 bridgehead atoms. The van der Waals surface area contributed by atoms with Gasteiger partial charge in [-0.05, 0) is 12.5 Å². The molecule has 1 atom stereocenters. The lowest BCUT2D eigenvalue weighted by Crippen LogP contribution is -2.32. The molecular weight excluding hydrogens is 382 g/mol. The third kappa shape index (κ3) is 4.35. The molecule has 0 saturated carbocycles. The number of amides is 1. The topological polar surface area (TPSA) is 64.5 Å². The summed E-state index contributed by atoms with van der Waals surface area (Å²) in [6.45, 7) is 2.28. The van der Waals surface area contributed by atoms with Gasteiger partial charge < -0.3 is 4.74 Å². The molecule has 2 aromatic rings. The Morgan fingerprint density at radius 1 is 1.35 bits per heavy atom. The molecule has 0 aliphatic carbocycles. The SMILES string of the molecule is CCOC(C(=O)N(C)OC)c1ccc(-c2nnc(CBr)s2)cc1. The van der Waals surface area contributed by atoms with E-state index in [0.717, 1.165) is 21.1 Å². The van der Waals surface area contributed by atoms with Gasteiger partial charge in [-0.2, -0.15) is 0 Å². The Labute approximate surface area is 147 Å². The molecule has 2 rings (SSSR count). The van der Waals surface area contributed by atoms with Gasteiger partial charge in [0.25, 0.3) is 5.91 Å². The molecule has 1 unspecified atom stereocenters. The van der Waals surface area contributed by atoms with Crippen molar-refractivity contribution in [2.24, 2.45) is 0 Å². The van der Waals surface area contributed by atoms with Crippen LogP contribution in [-0.2, 0) is 19.7 Å². The summed E-state index contributed by atoms with van der Waals surface area (Å²) in [5.41, 5.74) is 1.73. The largest absolute Gasteiger partial charge is 0.364 e. The number of rotatable bonds is 7. The first-order chi connectivity index (χ1) is 11.1. The predicted octanol–water partition coefficient (Wildman–Crippen LogP) is 3.20. The number of likely N-dealkylation sites (N-methyl/N-ethyl adjacent to an activating group) is 1. The number of aromatic nitrogens is 2. The van der Waals surface area contributed by atoms with Crippen LogP contribution in [0.2, 0.25) is 0 Å². The van der Waals surface area contributed by atoms with Crippen LogP contribution in [0.1, 0.15) is 23.6 Å². The molecule has 0 spiro atoms. The highest BCUT2D eigenvalue weighted by Crippen LogP contribution is 2.27. The van der Waals surface area contributed by atoms with Gasteiger partial charge in [0.1, 0.15) is 10.0 Å². The van der Waals surface area contributed by atoms with Crippen molar-refractivity contribution in [2.75, 3.05) is 20.8 Å². The number of carbonyl (C=O) groups is 1. The van der Waals surface area contributed by atoms with Crippen molar-refractivity contribution in [1.29, 1.82) is 0 Å². The smallest absolute Gasteiger partial charge is 0.279 e. The van der Waals surface area contributed by atoms with E-state index >= 15 is 0 Å². The van der Waals surface area contributed by atoms with Crippen LogP contribution in [0.3, 0.4) is 0 Å². The van der Waals surface area contributed by atoms with Crippen LogP contribution in [-0.4, -0.2) is 41.9 Å². The first-order valence-corrected chi connectivity index (χ1v) is 8.96. The average Bonchev–Trinajstić information content (AvgIpc) is 3.07. The molecule has 0 radical (unpaired) electrons. The Morgan fingerprint density at radius 3 is 2.57 bits per heavy atom. The molecule has 23 heavy (non-hydrogen) atoms. The monoisotopic (exact) mass is 399 g/mol. The molecule has 0 saturated heterocycles. The number of carbonyl (C=O) groups excluding carboxylic acids is 1. The Balaban J connectivity index is 2.23. The summed E-state index contributed by atoms with van der Waals surface area (Å²) in [6.07, 6.45) is -0.688. The number of nitrogens with zero attached hydrogens (tertiary/aromatic N) is 3. The van der Waals surface area contributed by atoms with E-state index in [9.17, 15) is 4.79 Å². The minimum absolute atomic E-state index is 0.250. The van der Waals surface area contributed by atoms with Gasteiger partial charge in [0.15, 0.2) is 6.10 Å².